The van der Waals surface area contributed by atoms with Crippen LogP contribution >= 0.6 is 23.4 Å². The van der Waals surface area contributed by atoms with Crippen LogP contribution < -0.4 is 5.32 Å². The minimum atomic E-state index is -0.499. The lowest BCUT2D eigenvalue weighted by Crippen LogP contribution is -2.31. The van der Waals surface area contributed by atoms with E-state index in [0.29, 0.717) is 17.3 Å². The van der Waals surface area contributed by atoms with Crippen LogP contribution in [0.5, 0.6) is 0 Å². The molecule has 8 heteroatoms. The number of thioether (sulfide) groups is 1. The summed E-state index contributed by atoms with van der Waals surface area (Å²) >= 11 is 7.25. The normalized spacial score (nSPS) is 16.6. The zero-order valence-electron chi connectivity index (χ0n) is 12.1. The molecule has 1 atom stereocenters. The molecule has 1 aliphatic rings. The van der Waals surface area contributed by atoms with Crippen molar-refractivity contribution in [2.75, 3.05) is 11.9 Å². The molecule has 1 aromatic heterocycles. The predicted octanol–water partition coefficient (Wildman–Crippen LogP) is 2.58. The Morgan fingerprint density at radius 1 is 1.48 bits per heavy atom. The van der Waals surface area contributed by atoms with Gasteiger partial charge in [0.2, 0.25) is 5.91 Å². The molecule has 0 unspecified atom stereocenters. The molecular weight excluding hydrogens is 338 g/mol. The van der Waals surface area contributed by atoms with E-state index in [0.717, 1.165) is 4.90 Å². The Hall–Kier alpha value is -1.99. The van der Waals surface area contributed by atoms with Crippen LogP contribution in [0.1, 0.15) is 6.42 Å². The number of fused-ring (bicyclic) bond motifs is 1. The van der Waals surface area contributed by atoms with Gasteiger partial charge in [0.1, 0.15) is 6.61 Å². The number of nitrogens with zero attached hydrogens (tertiary/aromatic N) is 2. The third kappa shape index (κ3) is 4.05. The summed E-state index contributed by atoms with van der Waals surface area (Å²) in [5.41, 5.74) is 0.677. The first-order valence-electron chi connectivity index (χ1n) is 7.02. The second kappa shape index (κ2) is 7.06. The number of anilines is 1. The summed E-state index contributed by atoms with van der Waals surface area (Å²) in [5, 5.41) is 6.85. The van der Waals surface area contributed by atoms with Crippen LogP contribution in [0.15, 0.2) is 41.6 Å². The van der Waals surface area contributed by atoms with Gasteiger partial charge in [0, 0.05) is 22.3 Å². The topological polar surface area (TPSA) is 73.2 Å². The van der Waals surface area contributed by atoms with Gasteiger partial charge in [-0.1, -0.05) is 11.6 Å². The van der Waals surface area contributed by atoms with Crippen LogP contribution in [-0.2, 0) is 20.9 Å². The highest BCUT2D eigenvalue weighted by molar-refractivity contribution is 8.01. The molecule has 23 heavy (non-hydrogen) atoms. The van der Waals surface area contributed by atoms with Crippen LogP contribution in [0.3, 0.4) is 0 Å². The van der Waals surface area contributed by atoms with Gasteiger partial charge in [0.05, 0.1) is 23.9 Å². The van der Waals surface area contributed by atoms with E-state index in [-0.39, 0.29) is 18.9 Å². The third-order valence-electron chi connectivity index (χ3n) is 3.26. The maximum atomic E-state index is 12.1. The highest BCUT2D eigenvalue weighted by atomic mass is 35.5. The third-order valence-corrected chi connectivity index (χ3v) is 4.77. The van der Waals surface area contributed by atoms with Crippen molar-refractivity contribution in [2.45, 2.75) is 23.1 Å². The molecule has 0 spiro atoms. The molecule has 0 bridgehead atoms. The summed E-state index contributed by atoms with van der Waals surface area (Å²) < 4.78 is 6.84. The van der Waals surface area contributed by atoms with Crippen molar-refractivity contribution in [2.24, 2.45) is 0 Å². The first kappa shape index (κ1) is 15.9. The number of hydrogen-bond acceptors (Lipinski definition) is 5. The standard InChI is InChI=1S/C15H14ClN3O3S/c16-10-2-3-12-11(8-10)18-15(21)13(23-12)9-14(20)22-7-6-19-5-1-4-17-19/h1-5,8,13H,6-7,9H2,(H,18,21)/t13-/m1/s1. The van der Waals surface area contributed by atoms with Crippen molar-refractivity contribution >= 4 is 40.9 Å². The van der Waals surface area contributed by atoms with Gasteiger partial charge in [-0.25, -0.2) is 0 Å². The Labute approximate surface area is 142 Å². The van der Waals surface area contributed by atoms with Gasteiger partial charge in [-0.3, -0.25) is 14.3 Å². The van der Waals surface area contributed by atoms with Crippen molar-refractivity contribution < 1.29 is 14.3 Å². The minimum Gasteiger partial charge on any atom is -0.464 e. The molecule has 1 N–H and O–H groups in total. The molecule has 2 heterocycles. The van der Waals surface area contributed by atoms with E-state index in [2.05, 4.69) is 10.4 Å². The molecule has 1 aromatic carbocycles. The van der Waals surface area contributed by atoms with Crippen molar-refractivity contribution in [3.05, 3.63) is 41.7 Å². The number of esters is 1. The summed E-state index contributed by atoms with van der Waals surface area (Å²) in [6.07, 6.45) is 3.48. The number of carbonyl (C=O) groups is 2. The summed E-state index contributed by atoms with van der Waals surface area (Å²) in [4.78, 5) is 24.8. The Morgan fingerprint density at radius 2 is 2.35 bits per heavy atom. The van der Waals surface area contributed by atoms with Gasteiger partial charge in [-0.15, -0.1) is 11.8 Å². The van der Waals surface area contributed by atoms with Crippen LogP contribution in [0, 0.1) is 0 Å². The second-order valence-electron chi connectivity index (χ2n) is 4.93. The first-order chi connectivity index (χ1) is 11.1. The number of rotatable bonds is 5. The predicted molar refractivity (Wildman–Crippen MR) is 87.5 cm³/mol. The molecule has 1 amide bonds. The Kier molecular flexibility index (Phi) is 4.88. The molecule has 120 valence electrons. The monoisotopic (exact) mass is 351 g/mol. The molecule has 1 aliphatic heterocycles. The van der Waals surface area contributed by atoms with Gasteiger partial charge in [0.15, 0.2) is 0 Å². The molecule has 0 radical (unpaired) electrons. The fourth-order valence-corrected chi connectivity index (χ4v) is 3.40. The Balaban J connectivity index is 1.52. The summed E-state index contributed by atoms with van der Waals surface area (Å²) in [6, 6.07) is 7.08. The number of nitrogens with one attached hydrogen (secondary N) is 1. The number of amides is 1. The molecule has 0 saturated carbocycles. The van der Waals surface area contributed by atoms with Gasteiger partial charge < -0.3 is 10.1 Å². The number of halogens is 1. The zero-order valence-corrected chi connectivity index (χ0v) is 13.6. The van der Waals surface area contributed by atoms with Crippen molar-refractivity contribution in [3.63, 3.8) is 0 Å². The molecule has 3 rings (SSSR count). The van der Waals surface area contributed by atoms with E-state index in [4.69, 9.17) is 16.3 Å². The van der Waals surface area contributed by atoms with E-state index >= 15 is 0 Å². The number of benzene rings is 1. The fourth-order valence-electron chi connectivity index (χ4n) is 2.15. The van der Waals surface area contributed by atoms with Gasteiger partial charge >= 0.3 is 5.97 Å². The van der Waals surface area contributed by atoms with Gasteiger partial charge in [-0.2, -0.15) is 5.10 Å². The summed E-state index contributed by atoms with van der Waals surface area (Å²) in [7, 11) is 0. The lowest BCUT2D eigenvalue weighted by molar-refractivity contribution is -0.144. The molecule has 0 saturated heterocycles. The van der Waals surface area contributed by atoms with Gasteiger partial charge in [0.25, 0.3) is 0 Å². The molecule has 0 fully saturated rings. The number of aromatic nitrogens is 2. The first-order valence-corrected chi connectivity index (χ1v) is 8.28. The van der Waals surface area contributed by atoms with E-state index in [1.807, 2.05) is 6.07 Å². The largest absolute Gasteiger partial charge is 0.464 e. The van der Waals surface area contributed by atoms with Crippen LogP contribution in [0.4, 0.5) is 5.69 Å². The fraction of sp³-hybridized carbons (Fsp3) is 0.267. The number of carbonyl (C=O) groups excluding carboxylic acids is 2. The summed E-state index contributed by atoms with van der Waals surface area (Å²) in [5.74, 6) is -0.615. The number of ether oxygens (including phenoxy) is 1. The quantitative estimate of drug-likeness (QED) is 0.838. The smallest absolute Gasteiger partial charge is 0.307 e. The lowest BCUT2D eigenvalue weighted by Gasteiger charge is -2.23. The number of hydrogen-bond donors (Lipinski definition) is 1. The minimum absolute atomic E-state index is 0.0255. The van der Waals surface area contributed by atoms with E-state index in [1.54, 1.807) is 35.3 Å². The van der Waals surface area contributed by atoms with Crippen LogP contribution in [-0.4, -0.2) is 33.5 Å². The Morgan fingerprint density at radius 3 is 3.13 bits per heavy atom. The lowest BCUT2D eigenvalue weighted by atomic mass is 10.2. The van der Waals surface area contributed by atoms with Gasteiger partial charge in [-0.05, 0) is 24.3 Å². The van der Waals surface area contributed by atoms with E-state index in [1.165, 1.54) is 11.8 Å². The molecular formula is C15H14ClN3O3S. The SMILES string of the molecule is O=C(C[C@H]1Sc2ccc(Cl)cc2NC1=O)OCCn1cccn1. The maximum absolute atomic E-state index is 12.1. The van der Waals surface area contributed by atoms with Crippen molar-refractivity contribution in [1.82, 2.24) is 9.78 Å². The second-order valence-corrected chi connectivity index (χ2v) is 6.61. The highest BCUT2D eigenvalue weighted by Gasteiger charge is 2.29. The average molecular weight is 352 g/mol. The molecule has 6 nitrogen and oxygen atoms in total. The van der Waals surface area contributed by atoms with E-state index < -0.39 is 11.2 Å². The maximum Gasteiger partial charge on any atom is 0.307 e. The van der Waals surface area contributed by atoms with Crippen LogP contribution in [0.2, 0.25) is 5.02 Å². The average Bonchev–Trinajstić information content (AvgIpc) is 3.01. The Bertz CT molecular complexity index is 721. The molecule has 0 aliphatic carbocycles. The molecule has 2 aromatic rings. The summed E-state index contributed by atoms with van der Waals surface area (Å²) in [6.45, 7) is 0.718. The van der Waals surface area contributed by atoms with Crippen LogP contribution in [0.25, 0.3) is 0 Å². The van der Waals surface area contributed by atoms with E-state index in [9.17, 15) is 9.59 Å². The zero-order chi connectivity index (χ0) is 16.2. The highest BCUT2D eigenvalue weighted by Crippen LogP contribution is 2.38. The van der Waals surface area contributed by atoms with Crippen molar-refractivity contribution in [1.29, 1.82) is 0 Å². The van der Waals surface area contributed by atoms with Crippen molar-refractivity contribution in [3.8, 4) is 0 Å².